The second-order valence-corrected chi connectivity index (χ2v) is 4.03. The number of aliphatic hydroxyl groups excluding tert-OH is 1. The molecule has 80 valence electrons. The molecule has 2 N–H and O–H groups in total. The van der Waals surface area contributed by atoms with Gasteiger partial charge in [-0.25, -0.2) is 4.79 Å². The summed E-state index contributed by atoms with van der Waals surface area (Å²) < 4.78 is 4.62. The normalized spacial score (nSPS) is 23.9. The van der Waals surface area contributed by atoms with Crippen molar-refractivity contribution in [3.8, 4) is 0 Å². The highest BCUT2D eigenvalue weighted by Crippen LogP contribution is 2.18. The number of hydrogen-bond donors (Lipinski definition) is 2. The first kappa shape index (κ1) is 11.3. The van der Waals surface area contributed by atoms with E-state index >= 15 is 0 Å². The molecule has 1 amide bonds. The van der Waals surface area contributed by atoms with Gasteiger partial charge >= 0.3 is 5.97 Å². The van der Waals surface area contributed by atoms with Gasteiger partial charge in [0.05, 0.1) is 6.61 Å². The number of hydrogen-bond acceptors (Lipinski definition) is 5. The molecule has 1 fully saturated rings. The summed E-state index contributed by atoms with van der Waals surface area (Å²) >= 11 is 1.27. The van der Waals surface area contributed by atoms with E-state index in [1.807, 2.05) is 0 Å². The Labute approximate surface area is 86.2 Å². The monoisotopic (exact) mass is 219 g/mol. The molecule has 5 nitrogen and oxygen atoms in total. The SMILES string of the molecule is CCOC(=O)[C@H](O)[C@@H]1SCCNC1=O. The molecular formula is C8H13NO4S. The molecule has 1 saturated heterocycles. The van der Waals surface area contributed by atoms with E-state index in [4.69, 9.17) is 0 Å². The quantitative estimate of drug-likeness (QED) is 0.604. The summed E-state index contributed by atoms with van der Waals surface area (Å²) in [6, 6.07) is 0. The molecule has 0 aromatic rings. The molecule has 0 spiro atoms. The first-order chi connectivity index (χ1) is 6.66. The van der Waals surface area contributed by atoms with Gasteiger partial charge in [0.2, 0.25) is 5.91 Å². The van der Waals surface area contributed by atoms with E-state index in [2.05, 4.69) is 10.1 Å². The van der Waals surface area contributed by atoms with Gasteiger partial charge in [-0.3, -0.25) is 4.79 Å². The lowest BCUT2D eigenvalue weighted by atomic mass is 10.2. The van der Waals surface area contributed by atoms with Crippen LogP contribution in [0.15, 0.2) is 0 Å². The topological polar surface area (TPSA) is 75.6 Å². The summed E-state index contributed by atoms with van der Waals surface area (Å²) in [4.78, 5) is 22.4. The van der Waals surface area contributed by atoms with Crippen LogP contribution in [0.4, 0.5) is 0 Å². The Morgan fingerprint density at radius 1 is 1.86 bits per heavy atom. The van der Waals surface area contributed by atoms with Gasteiger partial charge in [0.15, 0.2) is 6.10 Å². The molecule has 1 aliphatic heterocycles. The molecule has 0 aromatic carbocycles. The Balaban J connectivity index is 2.53. The fourth-order valence-electron chi connectivity index (χ4n) is 1.12. The van der Waals surface area contributed by atoms with Crippen molar-refractivity contribution in [2.75, 3.05) is 18.9 Å². The Bertz CT molecular complexity index is 233. The van der Waals surface area contributed by atoms with Crippen LogP contribution in [0.25, 0.3) is 0 Å². The van der Waals surface area contributed by atoms with Crippen molar-refractivity contribution in [2.24, 2.45) is 0 Å². The van der Waals surface area contributed by atoms with Gasteiger partial charge in [-0.1, -0.05) is 0 Å². The first-order valence-corrected chi connectivity index (χ1v) is 5.45. The van der Waals surface area contributed by atoms with E-state index in [-0.39, 0.29) is 12.5 Å². The maximum absolute atomic E-state index is 11.2. The largest absolute Gasteiger partial charge is 0.464 e. The molecule has 0 radical (unpaired) electrons. The lowest BCUT2D eigenvalue weighted by molar-refractivity contribution is -0.154. The summed E-state index contributed by atoms with van der Waals surface area (Å²) in [5.41, 5.74) is 0. The minimum atomic E-state index is -1.36. The Morgan fingerprint density at radius 3 is 3.14 bits per heavy atom. The van der Waals surface area contributed by atoms with Crippen molar-refractivity contribution in [3.63, 3.8) is 0 Å². The van der Waals surface area contributed by atoms with Gasteiger partial charge in [-0.2, -0.15) is 0 Å². The van der Waals surface area contributed by atoms with Gasteiger partial charge < -0.3 is 15.2 Å². The summed E-state index contributed by atoms with van der Waals surface area (Å²) in [6.45, 7) is 2.43. The van der Waals surface area contributed by atoms with Crippen molar-refractivity contribution < 1.29 is 19.4 Å². The summed E-state index contributed by atoms with van der Waals surface area (Å²) in [5.74, 6) is -0.337. The fourth-order valence-corrected chi connectivity index (χ4v) is 2.12. The van der Waals surface area contributed by atoms with Gasteiger partial charge in [-0.15, -0.1) is 11.8 Å². The predicted octanol–water partition coefficient (Wildman–Crippen LogP) is -0.858. The standard InChI is InChI=1S/C8H13NO4S/c1-2-13-8(12)5(10)6-7(11)9-3-4-14-6/h5-6,10H,2-4H2,1H3,(H,9,11)/t5-,6+/m1/s1. The maximum Gasteiger partial charge on any atom is 0.336 e. The minimum Gasteiger partial charge on any atom is -0.464 e. The van der Waals surface area contributed by atoms with Crippen LogP contribution in [0, 0.1) is 0 Å². The molecule has 0 bridgehead atoms. The number of nitrogens with one attached hydrogen (secondary N) is 1. The average Bonchev–Trinajstić information content (AvgIpc) is 2.18. The molecule has 6 heteroatoms. The number of ether oxygens (including phenoxy) is 1. The molecule has 1 rings (SSSR count). The van der Waals surface area contributed by atoms with Crippen molar-refractivity contribution >= 4 is 23.6 Å². The van der Waals surface area contributed by atoms with Crippen LogP contribution in [0.1, 0.15) is 6.92 Å². The molecule has 0 unspecified atom stereocenters. The second-order valence-electron chi connectivity index (χ2n) is 2.78. The van der Waals surface area contributed by atoms with E-state index in [1.165, 1.54) is 11.8 Å². The third-order valence-corrected chi connectivity index (χ3v) is 3.04. The Morgan fingerprint density at radius 2 is 2.57 bits per heavy atom. The lowest BCUT2D eigenvalue weighted by Crippen LogP contribution is -2.48. The number of carbonyl (C=O) groups is 2. The van der Waals surface area contributed by atoms with Crippen LogP contribution in [0.2, 0.25) is 0 Å². The summed E-state index contributed by atoms with van der Waals surface area (Å²) in [6.07, 6.45) is -1.36. The minimum absolute atomic E-state index is 0.203. The number of amides is 1. The second kappa shape index (κ2) is 5.21. The van der Waals surface area contributed by atoms with Crippen molar-refractivity contribution in [3.05, 3.63) is 0 Å². The molecule has 14 heavy (non-hydrogen) atoms. The van der Waals surface area contributed by atoms with E-state index in [1.54, 1.807) is 6.92 Å². The van der Waals surface area contributed by atoms with Crippen LogP contribution in [-0.2, 0) is 14.3 Å². The van der Waals surface area contributed by atoms with Gasteiger partial charge in [0.1, 0.15) is 5.25 Å². The lowest BCUT2D eigenvalue weighted by Gasteiger charge is -2.24. The molecule has 2 atom stereocenters. The molecular weight excluding hydrogens is 206 g/mol. The molecule has 1 heterocycles. The number of thioether (sulfide) groups is 1. The highest BCUT2D eigenvalue weighted by atomic mass is 32.2. The number of esters is 1. The zero-order valence-corrected chi connectivity index (χ0v) is 8.67. The molecule has 0 saturated carbocycles. The van der Waals surface area contributed by atoms with Crippen LogP contribution >= 0.6 is 11.8 Å². The Hall–Kier alpha value is -0.750. The van der Waals surface area contributed by atoms with E-state index in [9.17, 15) is 14.7 Å². The van der Waals surface area contributed by atoms with Crippen LogP contribution < -0.4 is 5.32 Å². The molecule has 1 aliphatic rings. The molecule has 0 aliphatic carbocycles. The Kier molecular flexibility index (Phi) is 4.21. The van der Waals surface area contributed by atoms with Gasteiger partial charge in [0.25, 0.3) is 0 Å². The summed E-state index contributed by atoms with van der Waals surface area (Å²) in [7, 11) is 0. The third-order valence-electron chi connectivity index (χ3n) is 1.77. The van der Waals surface area contributed by atoms with E-state index in [0.717, 1.165) is 0 Å². The number of rotatable bonds is 3. The maximum atomic E-state index is 11.2. The first-order valence-electron chi connectivity index (χ1n) is 4.40. The van der Waals surface area contributed by atoms with Crippen molar-refractivity contribution in [1.29, 1.82) is 0 Å². The predicted molar refractivity (Wildman–Crippen MR) is 51.9 cm³/mol. The number of aliphatic hydroxyl groups is 1. The highest BCUT2D eigenvalue weighted by Gasteiger charge is 2.35. The highest BCUT2D eigenvalue weighted by molar-refractivity contribution is 8.00. The van der Waals surface area contributed by atoms with Crippen LogP contribution in [0.3, 0.4) is 0 Å². The van der Waals surface area contributed by atoms with Gasteiger partial charge in [-0.05, 0) is 6.92 Å². The van der Waals surface area contributed by atoms with E-state index < -0.39 is 17.3 Å². The van der Waals surface area contributed by atoms with Crippen molar-refractivity contribution in [1.82, 2.24) is 5.32 Å². The van der Waals surface area contributed by atoms with Crippen LogP contribution in [0.5, 0.6) is 0 Å². The van der Waals surface area contributed by atoms with Crippen LogP contribution in [-0.4, -0.2) is 47.2 Å². The zero-order chi connectivity index (χ0) is 10.6. The fraction of sp³-hybridized carbons (Fsp3) is 0.750. The molecule has 0 aromatic heterocycles. The number of carbonyl (C=O) groups excluding carboxylic acids is 2. The summed E-state index contributed by atoms with van der Waals surface area (Å²) in [5, 5.41) is 11.3. The zero-order valence-electron chi connectivity index (χ0n) is 7.86. The van der Waals surface area contributed by atoms with Crippen molar-refractivity contribution in [2.45, 2.75) is 18.3 Å². The van der Waals surface area contributed by atoms with E-state index in [0.29, 0.717) is 12.3 Å². The smallest absolute Gasteiger partial charge is 0.336 e. The third kappa shape index (κ3) is 2.62. The average molecular weight is 219 g/mol. The van der Waals surface area contributed by atoms with Gasteiger partial charge in [0, 0.05) is 12.3 Å².